The maximum Gasteiger partial charge on any atom is 0.314 e. The fourth-order valence-electron chi connectivity index (χ4n) is 4.09. The van der Waals surface area contributed by atoms with E-state index in [0.717, 1.165) is 4.47 Å². The highest BCUT2D eigenvalue weighted by molar-refractivity contribution is 9.10. The summed E-state index contributed by atoms with van der Waals surface area (Å²) in [7, 11) is 0. The van der Waals surface area contributed by atoms with Crippen LogP contribution in [0.15, 0.2) is 65.1 Å². The summed E-state index contributed by atoms with van der Waals surface area (Å²) in [5, 5.41) is 5.80. The quantitative estimate of drug-likeness (QED) is 0.347. The van der Waals surface area contributed by atoms with Crippen LogP contribution in [-0.2, 0) is 20.9 Å². The summed E-state index contributed by atoms with van der Waals surface area (Å²) < 4.78 is 20.4. The molecule has 7 nitrogen and oxygen atoms in total. The lowest BCUT2D eigenvalue weighted by atomic mass is 9.95. The van der Waals surface area contributed by atoms with Crippen LogP contribution in [0.4, 0.5) is 10.1 Å². The summed E-state index contributed by atoms with van der Waals surface area (Å²) in [5.41, 5.74) is 1.48. The third-order valence-electron chi connectivity index (χ3n) is 6.26. The number of halogens is 3. The lowest BCUT2D eigenvalue weighted by Gasteiger charge is -2.31. The molecule has 1 saturated heterocycles. The molecule has 0 aromatic heterocycles. The van der Waals surface area contributed by atoms with Crippen molar-refractivity contribution in [2.24, 2.45) is 5.92 Å². The van der Waals surface area contributed by atoms with Crippen molar-refractivity contribution in [1.82, 2.24) is 10.2 Å². The predicted octanol–water partition coefficient (Wildman–Crippen LogP) is 5.84. The van der Waals surface area contributed by atoms with Gasteiger partial charge in [0.1, 0.15) is 11.6 Å². The molecule has 1 aliphatic rings. The standard InChI is InChI=1S/C28H26BrClFN3O4/c1-17-5-6-18(13-23(17)31)16-32-26(35)19-9-11-34(12-10-19)28(37)27(36)33-24-15-21(30)7-8-25(24)38-22-4-2-3-20(29)14-22/h2-8,13-15,19H,9-12,16H2,1H3,(H,32,35)(H,33,36). The fraction of sp³-hybridized carbons (Fsp3) is 0.250. The Balaban J connectivity index is 1.31. The molecule has 4 rings (SSSR count). The first kappa shape index (κ1) is 27.6. The third-order valence-corrected chi connectivity index (χ3v) is 6.99. The van der Waals surface area contributed by atoms with Gasteiger partial charge in [0.05, 0.1) is 5.69 Å². The first-order valence-electron chi connectivity index (χ1n) is 12.1. The molecule has 3 aromatic rings. The van der Waals surface area contributed by atoms with Crippen molar-refractivity contribution >= 4 is 50.9 Å². The SMILES string of the molecule is Cc1ccc(CNC(=O)C2CCN(C(=O)C(=O)Nc3cc(Cl)ccc3Oc3cccc(Br)c3)CC2)cc1F. The summed E-state index contributed by atoms with van der Waals surface area (Å²) in [6.45, 7) is 2.43. The van der Waals surface area contributed by atoms with Crippen LogP contribution in [0, 0.1) is 18.7 Å². The van der Waals surface area contributed by atoms with Gasteiger partial charge in [-0.15, -0.1) is 0 Å². The third kappa shape index (κ3) is 7.11. The van der Waals surface area contributed by atoms with Gasteiger partial charge >= 0.3 is 11.8 Å². The molecule has 1 aliphatic heterocycles. The number of hydrogen-bond acceptors (Lipinski definition) is 4. The monoisotopic (exact) mass is 601 g/mol. The first-order chi connectivity index (χ1) is 18.2. The summed E-state index contributed by atoms with van der Waals surface area (Å²) in [5.74, 6) is -1.42. The number of rotatable bonds is 6. The minimum Gasteiger partial charge on any atom is -0.455 e. The molecule has 2 N–H and O–H groups in total. The van der Waals surface area contributed by atoms with Crippen molar-refractivity contribution in [2.45, 2.75) is 26.3 Å². The van der Waals surface area contributed by atoms with Gasteiger partial charge in [-0.05, 0) is 73.4 Å². The Kier molecular flexibility index (Phi) is 9.01. The van der Waals surface area contributed by atoms with E-state index in [0.29, 0.717) is 40.5 Å². The number of aryl methyl sites for hydroxylation is 1. The Morgan fingerprint density at radius 2 is 1.84 bits per heavy atom. The number of piperidine rings is 1. The summed E-state index contributed by atoms with van der Waals surface area (Å²) >= 11 is 9.50. The number of carbonyl (C=O) groups excluding carboxylic acids is 3. The lowest BCUT2D eigenvalue weighted by molar-refractivity contribution is -0.144. The second-order valence-corrected chi connectivity index (χ2v) is 10.4. The molecule has 1 fully saturated rings. The first-order valence-corrected chi connectivity index (χ1v) is 13.2. The van der Waals surface area contributed by atoms with E-state index < -0.39 is 11.8 Å². The van der Waals surface area contributed by atoms with Gasteiger partial charge in [-0.2, -0.15) is 0 Å². The number of benzene rings is 3. The second kappa shape index (κ2) is 12.4. The summed E-state index contributed by atoms with van der Waals surface area (Å²) in [6.07, 6.45) is 0.836. The topological polar surface area (TPSA) is 87.7 Å². The molecule has 0 atom stereocenters. The van der Waals surface area contributed by atoms with Crippen LogP contribution in [0.5, 0.6) is 11.5 Å². The molecule has 3 aromatic carbocycles. The molecule has 10 heteroatoms. The van der Waals surface area contributed by atoms with Crippen LogP contribution < -0.4 is 15.4 Å². The van der Waals surface area contributed by atoms with Crippen LogP contribution in [0.1, 0.15) is 24.0 Å². The van der Waals surface area contributed by atoms with E-state index in [1.807, 2.05) is 12.1 Å². The van der Waals surface area contributed by atoms with Crippen molar-refractivity contribution in [3.05, 3.63) is 87.1 Å². The molecular formula is C28H26BrClFN3O4. The van der Waals surface area contributed by atoms with Gasteiger partial charge in [0.2, 0.25) is 5.91 Å². The molecule has 38 heavy (non-hydrogen) atoms. The molecule has 0 spiro atoms. The number of ether oxygens (including phenoxy) is 1. The zero-order valence-corrected chi connectivity index (χ0v) is 22.9. The van der Waals surface area contributed by atoms with Crippen LogP contribution in [0.2, 0.25) is 5.02 Å². The van der Waals surface area contributed by atoms with Crippen molar-refractivity contribution in [2.75, 3.05) is 18.4 Å². The van der Waals surface area contributed by atoms with E-state index in [1.165, 1.54) is 17.0 Å². The van der Waals surface area contributed by atoms with E-state index in [4.69, 9.17) is 16.3 Å². The van der Waals surface area contributed by atoms with Crippen LogP contribution in [-0.4, -0.2) is 35.7 Å². The number of carbonyl (C=O) groups is 3. The number of likely N-dealkylation sites (tertiary alicyclic amines) is 1. The molecule has 3 amide bonds. The van der Waals surface area contributed by atoms with Crippen molar-refractivity contribution in [3.63, 3.8) is 0 Å². The fourth-order valence-corrected chi connectivity index (χ4v) is 4.64. The molecule has 0 radical (unpaired) electrons. The van der Waals surface area contributed by atoms with Gasteiger partial charge in [0, 0.05) is 35.0 Å². The average Bonchev–Trinajstić information content (AvgIpc) is 2.90. The van der Waals surface area contributed by atoms with E-state index in [2.05, 4.69) is 26.6 Å². The van der Waals surface area contributed by atoms with Crippen molar-refractivity contribution in [1.29, 1.82) is 0 Å². The predicted molar refractivity (Wildman–Crippen MR) is 147 cm³/mol. The van der Waals surface area contributed by atoms with Gasteiger partial charge in [-0.25, -0.2) is 4.39 Å². The number of nitrogens with zero attached hydrogens (tertiary/aromatic N) is 1. The Labute approximate surface area is 233 Å². The minimum absolute atomic E-state index is 0.157. The van der Waals surface area contributed by atoms with Gasteiger partial charge in [-0.3, -0.25) is 14.4 Å². The van der Waals surface area contributed by atoms with Gasteiger partial charge in [-0.1, -0.05) is 45.7 Å². The largest absolute Gasteiger partial charge is 0.455 e. The van der Waals surface area contributed by atoms with Crippen LogP contribution >= 0.6 is 27.5 Å². The maximum atomic E-state index is 13.7. The van der Waals surface area contributed by atoms with E-state index in [9.17, 15) is 18.8 Å². The molecule has 0 unspecified atom stereocenters. The molecule has 0 bridgehead atoms. The highest BCUT2D eigenvalue weighted by Crippen LogP contribution is 2.33. The summed E-state index contributed by atoms with van der Waals surface area (Å²) in [6, 6.07) is 16.8. The van der Waals surface area contributed by atoms with Crippen molar-refractivity contribution in [3.8, 4) is 11.5 Å². The van der Waals surface area contributed by atoms with Crippen LogP contribution in [0.3, 0.4) is 0 Å². The van der Waals surface area contributed by atoms with E-state index in [1.54, 1.807) is 43.3 Å². The molecule has 198 valence electrons. The van der Waals surface area contributed by atoms with E-state index in [-0.39, 0.29) is 43.0 Å². The minimum atomic E-state index is -0.823. The summed E-state index contributed by atoms with van der Waals surface area (Å²) in [4.78, 5) is 39.7. The van der Waals surface area contributed by atoms with Gasteiger partial charge in [0.25, 0.3) is 0 Å². The Morgan fingerprint density at radius 1 is 1.08 bits per heavy atom. The molecular weight excluding hydrogens is 577 g/mol. The number of nitrogens with one attached hydrogen (secondary N) is 2. The average molecular weight is 603 g/mol. The molecule has 0 saturated carbocycles. The lowest BCUT2D eigenvalue weighted by Crippen LogP contribution is -2.46. The van der Waals surface area contributed by atoms with E-state index >= 15 is 0 Å². The highest BCUT2D eigenvalue weighted by atomic mass is 79.9. The molecule has 0 aliphatic carbocycles. The second-order valence-electron chi connectivity index (χ2n) is 9.02. The van der Waals surface area contributed by atoms with Crippen molar-refractivity contribution < 1.29 is 23.5 Å². The molecule has 1 heterocycles. The van der Waals surface area contributed by atoms with Gasteiger partial charge < -0.3 is 20.3 Å². The smallest absolute Gasteiger partial charge is 0.314 e. The highest BCUT2D eigenvalue weighted by Gasteiger charge is 2.30. The number of anilines is 1. The Hall–Kier alpha value is -3.43. The van der Waals surface area contributed by atoms with Crippen LogP contribution in [0.25, 0.3) is 0 Å². The zero-order valence-electron chi connectivity index (χ0n) is 20.6. The number of hydrogen-bond donors (Lipinski definition) is 2. The maximum absolute atomic E-state index is 13.7. The zero-order chi connectivity index (χ0) is 27.2. The number of amides is 3. The Morgan fingerprint density at radius 3 is 2.55 bits per heavy atom. The Bertz CT molecular complexity index is 1360. The van der Waals surface area contributed by atoms with Gasteiger partial charge in [0.15, 0.2) is 5.75 Å². The normalized spacial score (nSPS) is 13.6.